The van der Waals surface area contributed by atoms with Gasteiger partial charge in [0, 0.05) is 23.6 Å². The molecule has 1 aromatic heterocycles. The van der Waals surface area contributed by atoms with Gasteiger partial charge in [-0.1, -0.05) is 41.0 Å². The van der Waals surface area contributed by atoms with E-state index in [4.69, 9.17) is 0 Å². The molecule has 0 aromatic carbocycles. The molecule has 2 N–H and O–H groups in total. The number of rotatable bonds is 4. The van der Waals surface area contributed by atoms with Crippen LogP contribution in [-0.2, 0) is 10.2 Å². The van der Waals surface area contributed by atoms with Crippen LogP contribution in [0.5, 0.6) is 0 Å². The molecule has 1 rings (SSSR count). The molecule has 1 unspecified atom stereocenters. The van der Waals surface area contributed by atoms with Gasteiger partial charge in [-0.25, -0.2) is 0 Å². The second kappa shape index (κ2) is 5.34. The molecule has 4 nitrogen and oxygen atoms in total. The van der Waals surface area contributed by atoms with Crippen molar-refractivity contribution in [1.82, 2.24) is 10.2 Å². The first-order valence-corrected chi connectivity index (χ1v) is 6.18. The van der Waals surface area contributed by atoms with E-state index in [1.54, 1.807) is 0 Å². The Bertz CT molecular complexity index is 376. The van der Waals surface area contributed by atoms with Gasteiger partial charge in [0.25, 0.3) is 0 Å². The molecule has 0 spiro atoms. The SMILES string of the molecule is CCC(C)CC(=O)Nc1cc(C(C)(C)C)[nH]n1. The Balaban J connectivity index is 2.58. The van der Waals surface area contributed by atoms with E-state index in [-0.39, 0.29) is 11.3 Å². The van der Waals surface area contributed by atoms with Crippen LogP contribution >= 0.6 is 0 Å². The fourth-order valence-electron chi connectivity index (χ4n) is 1.42. The maximum Gasteiger partial charge on any atom is 0.225 e. The number of hydrogen-bond acceptors (Lipinski definition) is 2. The Hall–Kier alpha value is -1.32. The fourth-order valence-corrected chi connectivity index (χ4v) is 1.42. The highest BCUT2D eigenvalue weighted by molar-refractivity contribution is 5.89. The van der Waals surface area contributed by atoms with Crippen LogP contribution in [0.25, 0.3) is 0 Å². The average molecular weight is 237 g/mol. The number of hydrogen-bond donors (Lipinski definition) is 2. The lowest BCUT2D eigenvalue weighted by Crippen LogP contribution is -2.15. The minimum Gasteiger partial charge on any atom is -0.309 e. The van der Waals surface area contributed by atoms with Crippen molar-refractivity contribution in [2.45, 2.75) is 52.9 Å². The van der Waals surface area contributed by atoms with Crippen LogP contribution in [0, 0.1) is 5.92 Å². The lowest BCUT2D eigenvalue weighted by molar-refractivity contribution is -0.117. The van der Waals surface area contributed by atoms with Crippen LogP contribution < -0.4 is 5.32 Å². The summed E-state index contributed by atoms with van der Waals surface area (Å²) in [6.07, 6.45) is 1.56. The van der Waals surface area contributed by atoms with Gasteiger partial charge in [0.15, 0.2) is 5.82 Å². The van der Waals surface area contributed by atoms with Crippen LogP contribution in [0.15, 0.2) is 6.07 Å². The molecule has 96 valence electrons. The van der Waals surface area contributed by atoms with Crippen molar-refractivity contribution >= 4 is 11.7 Å². The normalized spacial score (nSPS) is 13.5. The molecule has 0 radical (unpaired) electrons. The van der Waals surface area contributed by atoms with Crippen LogP contribution in [-0.4, -0.2) is 16.1 Å². The topological polar surface area (TPSA) is 57.8 Å². The Morgan fingerprint density at radius 2 is 2.18 bits per heavy atom. The number of carbonyl (C=O) groups excluding carboxylic acids is 1. The molecule has 1 amide bonds. The second-order valence-corrected chi connectivity index (χ2v) is 5.68. The van der Waals surface area contributed by atoms with Crippen LogP contribution in [0.4, 0.5) is 5.82 Å². The number of nitrogens with one attached hydrogen (secondary N) is 2. The van der Waals surface area contributed by atoms with Crippen molar-refractivity contribution < 1.29 is 4.79 Å². The molecule has 0 fully saturated rings. The second-order valence-electron chi connectivity index (χ2n) is 5.68. The summed E-state index contributed by atoms with van der Waals surface area (Å²) in [6, 6.07) is 1.90. The van der Waals surface area contributed by atoms with Crippen molar-refractivity contribution in [3.05, 3.63) is 11.8 Å². The molecule has 4 heteroatoms. The highest BCUT2D eigenvalue weighted by atomic mass is 16.1. The van der Waals surface area contributed by atoms with E-state index in [2.05, 4.69) is 50.1 Å². The van der Waals surface area contributed by atoms with E-state index in [1.807, 2.05) is 6.07 Å². The molecule has 0 aliphatic heterocycles. The molecular formula is C13H23N3O. The van der Waals surface area contributed by atoms with Crippen molar-refractivity contribution in [1.29, 1.82) is 0 Å². The molecule has 17 heavy (non-hydrogen) atoms. The zero-order valence-electron chi connectivity index (χ0n) is 11.4. The highest BCUT2D eigenvalue weighted by Crippen LogP contribution is 2.22. The third-order valence-electron chi connectivity index (χ3n) is 2.88. The van der Waals surface area contributed by atoms with Gasteiger partial charge in [0.1, 0.15) is 0 Å². The van der Waals surface area contributed by atoms with Crippen LogP contribution in [0.3, 0.4) is 0 Å². The molecule has 0 aliphatic rings. The summed E-state index contributed by atoms with van der Waals surface area (Å²) in [5, 5.41) is 9.87. The van der Waals surface area contributed by atoms with E-state index in [1.165, 1.54) is 0 Å². The van der Waals surface area contributed by atoms with Crippen molar-refractivity contribution in [2.24, 2.45) is 5.92 Å². The maximum atomic E-state index is 11.7. The number of anilines is 1. The molecule has 1 heterocycles. The third kappa shape index (κ3) is 4.21. The Morgan fingerprint density at radius 3 is 2.65 bits per heavy atom. The quantitative estimate of drug-likeness (QED) is 0.845. The number of aromatic amines is 1. The lowest BCUT2D eigenvalue weighted by atomic mass is 9.92. The molecule has 0 saturated carbocycles. The molecule has 0 aliphatic carbocycles. The first kappa shape index (κ1) is 13.7. The predicted molar refractivity (Wildman–Crippen MR) is 70.0 cm³/mol. The minimum atomic E-state index is 0.0205. The van der Waals surface area contributed by atoms with Gasteiger partial charge in [-0.2, -0.15) is 5.10 Å². The summed E-state index contributed by atoms with van der Waals surface area (Å²) in [5.74, 6) is 1.06. The first-order chi connectivity index (χ1) is 7.82. The number of H-pyrrole nitrogens is 1. The first-order valence-electron chi connectivity index (χ1n) is 6.18. The van der Waals surface area contributed by atoms with Crippen molar-refractivity contribution in [3.8, 4) is 0 Å². The summed E-state index contributed by atoms with van der Waals surface area (Å²) < 4.78 is 0. The van der Waals surface area contributed by atoms with Crippen LogP contribution in [0.1, 0.15) is 53.2 Å². The van der Waals surface area contributed by atoms with E-state index < -0.39 is 0 Å². The summed E-state index contributed by atoms with van der Waals surface area (Å²) in [5.41, 5.74) is 1.04. The molecule has 0 bridgehead atoms. The zero-order chi connectivity index (χ0) is 13.1. The van der Waals surface area contributed by atoms with Gasteiger partial charge < -0.3 is 5.32 Å². The summed E-state index contributed by atoms with van der Waals surface area (Å²) in [4.78, 5) is 11.7. The number of amides is 1. The lowest BCUT2D eigenvalue weighted by Gasteiger charge is -2.14. The van der Waals surface area contributed by atoms with E-state index in [9.17, 15) is 4.79 Å². The standard InChI is InChI=1S/C13H23N3O/c1-6-9(2)7-12(17)14-11-8-10(15-16-11)13(3,4)5/h8-9H,6-7H2,1-5H3,(H2,14,15,16,17). The van der Waals surface area contributed by atoms with Crippen LogP contribution in [0.2, 0.25) is 0 Å². The number of aromatic nitrogens is 2. The Labute approximate surface area is 103 Å². The number of nitrogens with zero attached hydrogens (tertiary/aromatic N) is 1. The fraction of sp³-hybridized carbons (Fsp3) is 0.692. The van der Waals surface area contributed by atoms with E-state index in [0.717, 1.165) is 12.1 Å². The zero-order valence-corrected chi connectivity index (χ0v) is 11.4. The van der Waals surface area contributed by atoms with Gasteiger partial charge in [0.05, 0.1) is 0 Å². The van der Waals surface area contributed by atoms with Gasteiger partial charge in [-0.15, -0.1) is 0 Å². The predicted octanol–water partition coefficient (Wildman–Crippen LogP) is 3.08. The molecular weight excluding hydrogens is 214 g/mol. The third-order valence-corrected chi connectivity index (χ3v) is 2.88. The van der Waals surface area contributed by atoms with E-state index in [0.29, 0.717) is 18.2 Å². The van der Waals surface area contributed by atoms with Gasteiger partial charge >= 0.3 is 0 Å². The van der Waals surface area contributed by atoms with Gasteiger partial charge in [0.2, 0.25) is 5.91 Å². The molecule has 1 atom stereocenters. The largest absolute Gasteiger partial charge is 0.309 e. The Kier molecular flexibility index (Phi) is 4.32. The van der Waals surface area contributed by atoms with Crippen molar-refractivity contribution in [3.63, 3.8) is 0 Å². The smallest absolute Gasteiger partial charge is 0.225 e. The van der Waals surface area contributed by atoms with Crippen molar-refractivity contribution in [2.75, 3.05) is 5.32 Å². The van der Waals surface area contributed by atoms with Gasteiger partial charge in [-0.3, -0.25) is 9.89 Å². The molecule has 0 saturated heterocycles. The molecule has 1 aromatic rings. The van der Waals surface area contributed by atoms with E-state index >= 15 is 0 Å². The summed E-state index contributed by atoms with van der Waals surface area (Å²) >= 11 is 0. The highest BCUT2D eigenvalue weighted by Gasteiger charge is 2.17. The Morgan fingerprint density at radius 1 is 1.53 bits per heavy atom. The average Bonchev–Trinajstić information content (AvgIpc) is 2.65. The summed E-state index contributed by atoms with van der Waals surface area (Å²) in [7, 11) is 0. The minimum absolute atomic E-state index is 0.0205. The number of carbonyl (C=O) groups is 1. The maximum absolute atomic E-state index is 11.7. The monoisotopic (exact) mass is 237 g/mol. The van der Waals surface area contributed by atoms with Gasteiger partial charge in [-0.05, 0) is 5.92 Å². The summed E-state index contributed by atoms with van der Waals surface area (Å²) in [6.45, 7) is 10.5.